The van der Waals surface area contributed by atoms with E-state index in [-0.39, 0.29) is 12.2 Å². The first-order valence-electron chi connectivity index (χ1n) is 8.79. The Labute approximate surface area is 166 Å². The second-order valence-corrected chi connectivity index (χ2v) is 8.08. The van der Waals surface area contributed by atoms with Crippen LogP contribution in [0.1, 0.15) is 6.92 Å². The average Bonchev–Trinajstić information content (AvgIpc) is 3.17. The van der Waals surface area contributed by atoms with Gasteiger partial charge < -0.3 is 10.1 Å². The first-order chi connectivity index (χ1) is 13.8. The monoisotopic (exact) mass is 426 g/mol. The Hall–Kier alpha value is -2.76. The van der Waals surface area contributed by atoms with E-state index in [1.165, 1.54) is 6.07 Å². The Balaban J connectivity index is 1.70. The number of nitrogens with one attached hydrogen (secondary N) is 4. The van der Waals surface area contributed by atoms with E-state index in [0.717, 1.165) is 12.1 Å². The quantitative estimate of drug-likeness (QED) is 0.538. The van der Waals surface area contributed by atoms with Crippen molar-refractivity contribution in [3.8, 4) is 5.75 Å². The van der Waals surface area contributed by atoms with Crippen molar-refractivity contribution in [3.63, 3.8) is 0 Å². The number of anilines is 2. The van der Waals surface area contributed by atoms with Crippen LogP contribution in [0, 0.1) is 17.6 Å². The predicted octanol–water partition coefficient (Wildman–Crippen LogP) is 1.79. The van der Waals surface area contributed by atoms with Gasteiger partial charge in [0.2, 0.25) is 5.91 Å². The smallest absolute Gasteiger partial charge is 0.250 e. The molecule has 0 spiro atoms. The van der Waals surface area contributed by atoms with Gasteiger partial charge in [0.05, 0.1) is 12.5 Å². The molecule has 2 unspecified atom stereocenters. The van der Waals surface area contributed by atoms with Crippen LogP contribution in [0.3, 0.4) is 0 Å². The van der Waals surface area contributed by atoms with Crippen LogP contribution in [0.25, 0.3) is 0 Å². The summed E-state index contributed by atoms with van der Waals surface area (Å²) in [4.78, 5) is 12.5. The molecule has 11 heteroatoms. The fourth-order valence-corrected chi connectivity index (χ4v) is 4.31. The van der Waals surface area contributed by atoms with Crippen LogP contribution < -0.4 is 25.6 Å². The highest BCUT2D eigenvalue weighted by Crippen LogP contribution is 2.22. The summed E-state index contributed by atoms with van der Waals surface area (Å²) in [6.45, 7) is 2.35. The highest BCUT2D eigenvalue weighted by Gasteiger charge is 2.42. The molecule has 0 saturated carbocycles. The summed E-state index contributed by atoms with van der Waals surface area (Å²) in [5, 5.41) is 1.13. The highest BCUT2D eigenvalue weighted by molar-refractivity contribution is 7.93. The van der Waals surface area contributed by atoms with E-state index in [0.29, 0.717) is 18.0 Å². The molecule has 1 aliphatic rings. The Morgan fingerprint density at radius 3 is 2.48 bits per heavy atom. The number of amides is 1. The van der Waals surface area contributed by atoms with Gasteiger partial charge >= 0.3 is 0 Å². The van der Waals surface area contributed by atoms with Crippen molar-refractivity contribution < 1.29 is 26.7 Å². The van der Waals surface area contributed by atoms with Crippen molar-refractivity contribution in [3.05, 3.63) is 54.1 Å². The number of ether oxygens (including phenoxy) is 1. The van der Waals surface area contributed by atoms with Gasteiger partial charge in [-0.3, -0.25) is 14.9 Å². The maximum atomic E-state index is 13.3. The largest absolute Gasteiger partial charge is 0.494 e. The first-order valence-corrected chi connectivity index (χ1v) is 10.3. The number of sulfonamides is 1. The van der Waals surface area contributed by atoms with E-state index in [9.17, 15) is 22.0 Å². The zero-order chi connectivity index (χ0) is 21.0. The Morgan fingerprint density at radius 1 is 1.14 bits per heavy atom. The standard InChI is InChI=1S/C18H20F2N4O4S/c1-2-28-13-6-3-11(4-7-13)24-29(26,27)18-14(10-21-23-18)17(25)22-12-5-8-15(19)16(20)9-12/h3-9,14,18,21,23-24H,2,10H2,1H3,(H,22,25). The molecule has 0 aliphatic carbocycles. The maximum absolute atomic E-state index is 13.3. The van der Waals surface area contributed by atoms with Gasteiger partial charge in [0, 0.05) is 24.0 Å². The van der Waals surface area contributed by atoms with Crippen LogP contribution in [-0.2, 0) is 14.8 Å². The maximum Gasteiger partial charge on any atom is 0.250 e. The number of carbonyl (C=O) groups excluding carboxylic acids is 1. The van der Waals surface area contributed by atoms with Crippen molar-refractivity contribution >= 4 is 27.3 Å². The Kier molecular flexibility index (Phi) is 6.30. The molecule has 4 N–H and O–H groups in total. The number of hydrazine groups is 1. The third kappa shape index (κ3) is 5.00. The van der Waals surface area contributed by atoms with Crippen molar-refractivity contribution in [2.24, 2.45) is 5.92 Å². The second-order valence-electron chi connectivity index (χ2n) is 6.27. The molecule has 1 fully saturated rings. The van der Waals surface area contributed by atoms with Crippen LogP contribution in [-0.4, -0.2) is 32.9 Å². The molecule has 0 bridgehead atoms. The minimum Gasteiger partial charge on any atom is -0.494 e. The SMILES string of the molecule is CCOc1ccc(NS(=O)(=O)C2NNCC2C(=O)Nc2ccc(F)c(F)c2)cc1. The number of hydrogen-bond donors (Lipinski definition) is 4. The molecule has 1 amide bonds. The number of carbonyl (C=O) groups is 1. The molecular weight excluding hydrogens is 406 g/mol. The predicted molar refractivity (Wildman–Crippen MR) is 104 cm³/mol. The normalized spacial score (nSPS) is 19.0. The minimum absolute atomic E-state index is 0.0245. The fraction of sp³-hybridized carbons (Fsp3) is 0.278. The summed E-state index contributed by atoms with van der Waals surface area (Å²) >= 11 is 0. The van der Waals surface area contributed by atoms with E-state index in [1.807, 2.05) is 6.92 Å². The lowest BCUT2D eigenvalue weighted by Gasteiger charge is -2.19. The Bertz CT molecular complexity index is 986. The summed E-state index contributed by atoms with van der Waals surface area (Å²) in [5.41, 5.74) is 5.54. The third-order valence-corrected chi connectivity index (χ3v) is 5.85. The van der Waals surface area contributed by atoms with Crippen molar-refractivity contribution in [1.29, 1.82) is 0 Å². The van der Waals surface area contributed by atoms with Crippen LogP contribution >= 0.6 is 0 Å². The van der Waals surface area contributed by atoms with Crippen LogP contribution in [0.5, 0.6) is 5.75 Å². The molecular formula is C18H20F2N4O4S. The summed E-state index contributed by atoms with van der Waals surface area (Å²) in [7, 11) is -4.00. The average molecular weight is 426 g/mol. The lowest BCUT2D eigenvalue weighted by molar-refractivity contribution is -0.119. The molecule has 8 nitrogen and oxygen atoms in total. The zero-order valence-electron chi connectivity index (χ0n) is 15.4. The summed E-state index contributed by atoms with van der Waals surface area (Å²) in [6, 6.07) is 9.21. The van der Waals surface area contributed by atoms with Crippen LogP contribution in [0.2, 0.25) is 0 Å². The van der Waals surface area contributed by atoms with Gasteiger partial charge in [-0.2, -0.15) is 0 Å². The number of rotatable bonds is 7. The van der Waals surface area contributed by atoms with Crippen molar-refractivity contribution in [2.75, 3.05) is 23.2 Å². The lowest BCUT2D eigenvalue weighted by atomic mass is 10.1. The molecule has 29 heavy (non-hydrogen) atoms. The molecule has 2 aromatic carbocycles. The summed E-state index contributed by atoms with van der Waals surface area (Å²) in [5.74, 6) is -3.24. The van der Waals surface area contributed by atoms with E-state index in [1.54, 1.807) is 24.3 Å². The number of benzene rings is 2. The van der Waals surface area contributed by atoms with E-state index in [4.69, 9.17) is 4.74 Å². The molecule has 3 rings (SSSR count). The minimum atomic E-state index is -4.00. The number of hydrogen-bond acceptors (Lipinski definition) is 6. The molecule has 2 aromatic rings. The van der Waals surface area contributed by atoms with Crippen LogP contribution in [0.15, 0.2) is 42.5 Å². The molecule has 1 heterocycles. The summed E-state index contributed by atoms with van der Waals surface area (Å²) in [6.07, 6.45) is 0. The molecule has 1 aliphatic heterocycles. The van der Waals surface area contributed by atoms with E-state index in [2.05, 4.69) is 20.9 Å². The molecule has 0 aromatic heterocycles. The zero-order valence-corrected chi connectivity index (χ0v) is 16.2. The first kappa shape index (κ1) is 21.0. The van der Waals surface area contributed by atoms with Gasteiger partial charge in [0.15, 0.2) is 17.0 Å². The van der Waals surface area contributed by atoms with Gasteiger partial charge in [-0.15, -0.1) is 0 Å². The Morgan fingerprint density at radius 2 is 1.83 bits per heavy atom. The van der Waals surface area contributed by atoms with E-state index < -0.39 is 38.9 Å². The highest BCUT2D eigenvalue weighted by atomic mass is 32.2. The number of halogens is 2. The van der Waals surface area contributed by atoms with Gasteiger partial charge in [-0.1, -0.05) is 0 Å². The van der Waals surface area contributed by atoms with Gasteiger partial charge in [0.1, 0.15) is 5.75 Å². The fourth-order valence-electron chi connectivity index (χ4n) is 2.82. The topological polar surface area (TPSA) is 109 Å². The molecule has 0 radical (unpaired) electrons. The van der Waals surface area contributed by atoms with E-state index >= 15 is 0 Å². The lowest BCUT2D eigenvalue weighted by Crippen LogP contribution is -2.45. The van der Waals surface area contributed by atoms with Gasteiger partial charge in [-0.25, -0.2) is 22.6 Å². The van der Waals surface area contributed by atoms with Crippen molar-refractivity contribution in [2.45, 2.75) is 12.3 Å². The second kappa shape index (κ2) is 8.72. The molecule has 1 saturated heterocycles. The van der Waals surface area contributed by atoms with Crippen molar-refractivity contribution in [1.82, 2.24) is 10.9 Å². The van der Waals surface area contributed by atoms with Gasteiger partial charge in [0.25, 0.3) is 10.0 Å². The molecule has 2 atom stereocenters. The third-order valence-electron chi connectivity index (χ3n) is 4.22. The van der Waals surface area contributed by atoms with Crippen LogP contribution in [0.4, 0.5) is 20.2 Å². The summed E-state index contributed by atoms with van der Waals surface area (Å²) < 4.78 is 59.6. The van der Waals surface area contributed by atoms with Gasteiger partial charge in [-0.05, 0) is 43.3 Å². The molecule has 156 valence electrons.